The van der Waals surface area contributed by atoms with E-state index in [1.807, 2.05) is 24.3 Å². The second-order valence-corrected chi connectivity index (χ2v) is 6.52. The third kappa shape index (κ3) is 3.52. The molecular weight excluding hydrogens is 292 g/mol. The number of amides is 2. The molecule has 0 radical (unpaired) electrons. The van der Waals surface area contributed by atoms with Crippen LogP contribution >= 0.6 is 0 Å². The van der Waals surface area contributed by atoms with Crippen LogP contribution in [0.15, 0.2) is 24.3 Å². The van der Waals surface area contributed by atoms with Crippen molar-refractivity contribution in [3.63, 3.8) is 0 Å². The lowest BCUT2D eigenvalue weighted by molar-refractivity contribution is -0.128. The summed E-state index contributed by atoms with van der Waals surface area (Å²) in [5.41, 5.74) is 1.69. The van der Waals surface area contributed by atoms with Crippen LogP contribution in [0.2, 0.25) is 0 Å². The Hall–Kier alpha value is -2.37. The van der Waals surface area contributed by atoms with E-state index >= 15 is 0 Å². The number of likely N-dealkylation sites (tertiary alicyclic amines) is 1. The number of hydrogen-bond acceptors (Lipinski definition) is 3. The van der Waals surface area contributed by atoms with Gasteiger partial charge >= 0.3 is 0 Å². The van der Waals surface area contributed by atoms with Gasteiger partial charge in [0.25, 0.3) is 0 Å². The fourth-order valence-electron chi connectivity index (χ4n) is 2.81. The maximum absolute atomic E-state index is 12.4. The van der Waals surface area contributed by atoms with Gasteiger partial charge in [0.1, 0.15) is 0 Å². The van der Waals surface area contributed by atoms with Gasteiger partial charge < -0.3 is 9.88 Å². The highest BCUT2D eigenvalue weighted by Gasteiger charge is 2.34. The molecule has 3 rings (SSSR count). The Morgan fingerprint density at radius 2 is 2.22 bits per heavy atom. The van der Waals surface area contributed by atoms with E-state index in [0.29, 0.717) is 18.4 Å². The molecule has 1 aliphatic rings. The molecule has 6 nitrogen and oxygen atoms in total. The van der Waals surface area contributed by atoms with Gasteiger partial charge in [0, 0.05) is 19.5 Å². The topological polar surface area (TPSA) is 78.1 Å². The predicted molar refractivity (Wildman–Crippen MR) is 88.9 cm³/mol. The van der Waals surface area contributed by atoms with E-state index in [1.54, 1.807) is 4.90 Å². The van der Waals surface area contributed by atoms with Crippen LogP contribution in [-0.2, 0) is 9.59 Å². The first-order valence-electron chi connectivity index (χ1n) is 8.06. The highest BCUT2D eigenvalue weighted by molar-refractivity contribution is 5.97. The molecule has 122 valence electrons. The third-order valence-corrected chi connectivity index (χ3v) is 4.19. The van der Waals surface area contributed by atoms with Gasteiger partial charge in [-0.3, -0.25) is 14.9 Å². The minimum absolute atomic E-state index is 0.0652. The molecule has 1 saturated heterocycles. The average Bonchev–Trinajstić information content (AvgIpc) is 3.07. The van der Waals surface area contributed by atoms with Crippen LogP contribution in [-0.4, -0.2) is 39.8 Å². The van der Waals surface area contributed by atoms with Crippen molar-refractivity contribution in [2.45, 2.75) is 26.7 Å². The zero-order chi connectivity index (χ0) is 16.4. The Bertz CT molecular complexity index is 689. The van der Waals surface area contributed by atoms with Gasteiger partial charge in [0.05, 0.1) is 17.0 Å². The molecule has 0 spiro atoms. The van der Waals surface area contributed by atoms with Crippen LogP contribution in [0.4, 0.5) is 5.95 Å². The van der Waals surface area contributed by atoms with E-state index in [-0.39, 0.29) is 24.2 Å². The Labute approximate surface area is 135 Å². The number of aromatic nitrogens is 2. The highest BCUT2D eigenvalue weighted by Crippen LogP contribution is 2.21. The third-order valence-electron chi connectivity index (χ3n) is 4.19. The smallest absolute Gasteiger partial charge is 0.232 e. The van der Waals surface area contributed by atoms with Gasteiger partial charge in [0.15, 0.2) is 0 Å². The van der Waals surface area contributed by atoms with Gasteiger partial charge in [-0.1, -0.05) is 26.0 Å². The number of aromatic amines is 1. The van der Waals surface area contributed by atoms with Gasteiger partial charge in [-0.2, -0.15) is 0 Å². The minimum Gasteiger partial charge on any atom is -0.342 e. The summed E-state index contributed by atoms with van der Waals surface area (Å²) < 4.78 is 0. The van der Waals surface area contributed by atoms with Crippen LogP contribution in [0.25, 0.3) is 11.0 Å². The predicted octanol–water partition coefficient (Wildman–Crippen LogP) is 2.40. The summed E-state index contributed by atoms with van der Waals surface area (Å²) in [7, 11) is 0. The van der Waals surface area contributed by atoms with Crippen LogP contribution in [0.3, 0.4) is 0 Å². The number of nitrogens with zero attached hydrogens (tertiary/aromatic N) is 2. The summed E-state index contributed by atoms with van der Waals surface area (Å²) in [6.07, 6.45) is 1.24. The molecule has 0 saturated carbocycles. The standard InChI is InChI=1S/C17H22N4O2/c1-11(2)7-8-21-10-12(9-15(21)22)16(23)20-17-18-13-5-3-4-6-14(13)19-17/h3-6,11-12H,7-10H2,1-2H3,(H2,18,19,20,23)/t12-/m1/s1. The Kier molecular flexibility index (Phi) is 4.32. The van der Waals surface area contributed by atoms with Crippen LogP contribution < -0.4 is 5.32 Å². The largest absolute Gasteiger partial charge is 0.342 e. The van der Waals surface area contributed by atoms with Gasteiger partial charge in [0.2, 0.25) is 17.8 Å². The fourth-order valence-corrected chi connectivity index (χ4v) is 2.81. The summed E-state index contributed by atoms with van der Waals surface area (Å²) >= 11 is 0. The molecule has 23 heavy (non-hydrogen) atoms. The summed E-state index contributed by atoms with van der Waals surface area (Å²) in [6, 6.07) is 7.60. The van der Waals surface area contributed by atoms with E-state index < -0.39 is 0 Å². The van der Waals surface area contributed by atoms with Crippen molar-refractivity contribution in [3.8, 4) is 0 Å². The molecule has 6 heteroatoms. The fraction of sp³-hybridized carbons (Fsp3) is 0.471. The number of carbonyl (C=O) groups is 2. The summed E-state index contributed by atoms with van der Waals surface area (Å²) in [4.78, 5) is 33.6. The Morgan fingerprint density at radius 1 is 1.43 bits per heavy atom. The van der Waals surface area contributed by atoms with Crippen molar-refractivity contribution in [1.29, 1.82) is 0 Å². The molecule has 0 bridgehead atoms. The molecule has 0 unspecified atom stereocenters. The number of imidazole rings is 1. The summed E-state index contributed by atoms with van der Waals surface area (Å²) in [5.74, 6) is 0.596. The molecule has 2 amide bonds. The van der Waals surface area contributed by atoms with E-state index in [0.717, 1.165) is 24.0 Å². The molecule has 0 aliphatic carbocycles. The number of benzene rings is 1. The minimum atomic E-state index is -0.303. The number of H-pyrrole nitrogens is 1. The van der Waals surface area contributed by atoms with Crippen LogP contribution in [0.5, 0.6) is 0 Å². The van der Waals surface area contributed by atoms with E-state index in [9.17, 15) is 9.59 Å². The SMILES string of the molecule is CC(C)CCN1C[C@H](C(=O)Nc2nc3ccccc3[nH]2)CC1=O. The second-order valence-electron chi connectivity index (χ2n) is 6.52. The normalized spacial score (nSPS) is 18.1. The zero-order valence-electron chi connectivity index (χ0n) is 13.5. The molecule has 1 aromatic carbocycles. The molecule has 1 fully saturated rings. The molecule has 1 aliphatic heterocycles. The zero-order valence-corrected chi connectivity index (χ0v) is 13.5. The molecule has 2 aromatic rings. The number of anilines is 1. The highest BCUT2D eigenvalue weighted by atomic mass is 16.2. The monoisotopic (exact) mass is 314 g/mol. The molecule has 2 N–H and O–H groups in total. The molecule has 1 aromatic heterocycles. The number of rotatable bonds is 5. The van der Waals surface area contributed by atoms with Crippen molar-refractivity contribution in [3.05, 3.63) is 24.3 Å². The second kappa shape index (κ2) is 6.40. The lowest BCUT2D eigenvalue weighted by atomic mass is 10.1. The summed E-state index contributed by atoms with van der Waals surface area (Å²) in [6.45, 7) is 5.49. The van der Waals surface area contributed by atoms with Crippen LogP contribution in [0, 0.1) is 11.8 Å². The first-order chi connectivity index (χ1) is 11.0. The van der Waals surface area contributed by atoms with E-state index in [4.69, 9.17) is 0 Å². The number of fused-ring (bicyclic) bond motifs is 1. The number of hydrogen-bond donors (Lipinski definition) is 2. The number of nitrogens with one attached hydrogen (secondary N) is 2. The lowest BCUT2D eigenvalue weighted by Gasteiger charge is -2.17. The molecule has 1 atom stereocenters. The first-order valence-corrected chi connectivity index (χ1v) is 8.06. The Balaban J connectivity index is 1.61. The number of carbonyl (C=O) groups excluding carboxylic acids is 2. The molecule has 2 heterocycles. The summed E-state index contributed by atoms with van der Waals surface area (Å²) in [5, 5.41) is 2.79. The number of para-hydroxylation sites is 2. The van der Waals surface area contributed by atoms with E-state index in [1.165, 1.54) is 0 Å². The maximum atomic E-state index is 12.4. The van der Waals surface area contributed by atoms with Crippen molar-refractivity contribution in [1.82, 2.24) is 14.9 Å². The van der Waals surface area contributed by atoms with Gasteiger partial charge in [-0.15, -0.1) is 0 Å². The maximum Gasteiger partial charge on any atom is 0.232 e. The quantitative estimate of drug-likeness (QED) is 0.889. The first kappa shape index (κ1) is 15.5. The Morgan fingerprint density at radius 3 is 2.96 bits per heavy atom. The van der Waals surface area contributed by atoms with Crippen LogP contribution in [0.1, 0.15) is 26.7 Å². The van der Waals surface area contributed by atoms with E-state index in [2.05, 4.69) is 29.1 Å². The molecular formula is C17H22N4O2. The lowest BCUT2D eigenvalue weighted by Crippen LogP contribution is -2.29. The van der Waals surface area contributed by atoms with Crippen molar-refractivity contribution in [2.24, 2.45) is 11.8 Å². The van der Waals surface area contributed by atoms with Gasteiger partial charge in [-0.05, 0) is 24.5 Å². The van der Waals surface area contributed by atoms with Crippen molar-refractivity contribution < 1.29 is 9.59 Å². The van der Waals surface area contributed by atoms with Gasteiger partial charge in [-0.25, -0.2) is 4.98 Å². The van der Waals surface area contributed by atoms with Crippen molar-refractivity contribution in [2.75, 3.05) is 18.4 Å². The average molecular weight is 314 g/mol. The van der Waals surface area contributed by atoms with Crippen molar-refractivity contribution >= 4 is 28.8 Å².